The first-order chi connectivity index (χ1) is 6.34. The second-order valence-electron chi connectivity index (χ2n) is 3.03. The van der Waals surface area contributed by atoms with E-state index in [1.54, 1.807) is 0 Å². The number of benzene rings is 1. The molecule has 0 radical (unpaired) electrons. The summed E-state index contributed by atoms with van der Waals surface area (Å²) in [6.45, 7) is 4.42. The van der Waals surface area contributed by atoms with E-state index in [9.17, 15) is 0 Å². The van der Waals surface area contributed by atoms with E-state index in [2.05, 4.69) is 38.1 Å². The first kappa shape index (κ1) is 12.1. The Morgan fingerprint density at radius 1 is 1.15 bits per heavy atom. The zero-order valence-electron chi connectivity index (χ0n) is 8.33. The number of aryl methyl sites for hydroxylation is 2. The average molecular weight is 182 g/mol. The van der Waals surface area contributed by atoms with Crippen LogP contribution < -0.4 is 0 Å². The van der Waals surface area contributed by atoms with Crippen molar-refractivity contribution in [2.45, 2.75) is 33.1 Å². The fourth-order valence-electron chi connectivity index (χ4n) is 1.26. The van der Waals surface area contributed by atoms with Gasteiger partial charge in [-0.3, -0.25) is 10.5 Å². The molecule has 74 valence electrons. The van der Waals surface area contributed by atoms with Crippen molar-refractivity contribution in [3.8, 4) is 0 Å². The van der Waals surface area contributed by atoms with Crippen LogP contribution in [0.4, 0.5) is 0 Å². The fraction of sp³-hybridized carbons (Fsp3) is 0.455. The van der Waals surface area contributed by atoms with Gasteiger partial charge < -0.3 is 0 Å². The molecule has 0 bridgehead atoms. The van der Waals surface area contributed by atoms with Crippen LogP contribution in [-0.4, -0.2) is 10.5 Å². The Balaban J connectivity index is 0.000000671. The van der Waals surface area contributed by atoms with Crippen LogP contribution in [0.1, 0.15) is 30.9 Å². The van der Waals surface area contributed by atoms with E-state index in [4.69, 9.17) is 10.5 Å². The van der Waals surface area contributed by atoms with Gasteiger partial charge in [-0.25, -0.2) is 0 Å². The van der Waals surface area contributed by atoms with Gasteiger partial charge in [0.05, 0.1) is 0 Å². The molecule has 0 amide bonds. The van der Waals surface area contributed by atoms with E-state index in [0.717, 1.165) is 0 Å². The molecule has 0 atom stereocenters. The third-order valence-electron chi connectivity index (χ3n) is 2.06. The lowest BCUT2D eigenvalue weighted by atomic mass is 10.0. The van der Waals surface area contributed by atoms with Crippen LogP contribution in [0.25, 0.3) is 0 Å². The van der Waals surface area contributed by atoms with Crippen molar-refractivity contribution in [3.05, 3.63) is 35.4 Å². The quantitative estimate of drug-likeness (QED) is 0.556. The largest absolute Gasteiger partial charge is 0.255 e. The summed E-state index contributed by atoms with van der Waals surface area (Å²) in [5, 5.41) is 12.0. The minimum Gasteiger partial charge on any atom is -0.255 e. The van der Waals surface area contributed by atoms with Gasteiger partial charge in [0.15, 0.2) is 0 Å². The Hall–Kier alpha value is -0.860. The van der Waals surface area contributed by atoms with Crippen LogP contribution in [0.15, 0.2) is 24.3 Å². The average Bonchev–Trinajstić information content (AvgIpc) is 2.20. The zero-order chi connectivity index (χ0) is 10.1. The molecule has 0 aromatic heterocycles. The minimum atomic E-state index is 1.24. The highest BCUT2D eigenvalue weighted by Crippen LogP contribution is 2.09. The molecule has 1 aromatic rings. The van der Waals surface area contributed by atoms with E-state index in [1.807, 2.05) is 0 Å². The molecule has 1 aromatic carbocycles. The van der Waals surface area contributed by atoms with E-state index in [0.29, 0.717) is 0 Å². The van der Waals surface area contributed by atoms with Crippen LogP contribution in [0.2, 0.25) is 0 Å². The molecule has 0 aliphatic rings. The molecular formula is C11H18O2. The molecule has 0 heterocycles. The molecule has 0 fully saturated rings. The van der Waals surface area contributed by atoms with Crippen molar-refractivity contribution in [1.29, 1.82) is 0 Å². The molecule has 0 aliphatic heterocycles. The molecular weight excluding hydrogens is 164 g/mol. The molecule has 13 heavy (non-hydrogen) atoms. The Bertz CT molecular complexity index is 221. The predicted molar refractivity (Wildman–Crippen MR) is 55.0 cm³/mol. The van der Waals surface area contributed by atoms with Gasteiger partial charge >= 0.3 is 0 Å². The number of hydrogen-bond donors (Lipinski definition) is 2. The van der Waals surface area contributed by atoms with Crippen LogP contribution in [-0.2, 0) is 6.42 Å². The lowest BCUT2D eigenvalue weighted by molar-refractivity contribution is -0.176. The third-order valence-corrected chi connectivity index (χ3v) is 2.06. The summed E-state index contributed by atoms with van der Waals surface area (Å²) in [6, 6.07) is 8.64. The summed E-state index contributed by atoms with van der Waals surface area (Å²) in [6.07, 6.45) is 3.84. The standard InChI is InChI=1S/C11H16.H2O2/c1-3-4-8-11-9-6-5-7-10(11)2;1-2/h5-7,9H,3-4,8H2,1-2H3;1-2H. The third kappa shape index (κ3) is 4.65. The van der Waals surface area contributed by atoms with Crippen molar-refractivity contribution in [1.82, 2.24) is 0 Å². The van der Waals surface area contributed by atoms with Gasteiger partial charge in [-0.05, 0) is 30.9 Å². The van der Waals surface area contributed by atoms with Gasteiger partial charge in [0.25, 0.3) is 0 Å². The van der Waals surface area contributed by atoms with E-state index in [-0.39, 0.29) is 0 Å². The normalized spacial score (nSPS) is 8.92. The van der Waals surface area contributed by atoms with Crippen molar-refractivity contribution in [2.24, 2.45) is 0 Å². The highest BCUT2D eigenvalue weighted by atomic mass is 17.0. The van der Waals surface area contributed by atoms with Gasteiger partial charge in [-0.15, -0.1) is 0 Å². The van der Waals surface area contributed by atoms with Crippen LogP contribution in [0, 0.1) is 6.92 Å². The van der Waals surface area contributed by atoms with Gasteiger partial charge in [0.1, 0.15) is 0 Å². The Labute approximate surface area is 79.8 Å². The zero-order valence-corrected chi connectivity index (χ0v) is 8.33. The monoisotopic (exact) mass is 182 g/mol. The molecule has 2 heteroatoms. The minimum absolute atomic E-state index is 1.24. The first-order valence-electron chi connectivity index (χ1n) is 4.59. The summed E-state index contributed by atoms with van der Waals surface area (Å²) < 4.78 is 0. The number of unbranched alkanes of at least 4 members (excludes halogenated alkanes) is 1. The van der Waals surface area contributed by atoms with Crippen LogP contribution in [0.3, 0.4) is 0 Å². The topological polar surface area (TPSA) is 40.5 Å². The highest BCUT2D eigenvalue weighted by molar-refractivity contribution is 5.25. The Kier molecular flexibility index (Phi) is 7.26. The van der Waals surface area contributed by atoms with E-state index in [1.165, 1.54) is 30.4 Å². The number of rotatable bonds is 3. The maximum absolute atomic E-state index is 6.00. The maximum Gasteiger partial charge on any atom is -0.0276 e. The molecule has 0 spiro atoms. The molecule has 0 aliphatic carbocycles. The van der Waals surface area contributed by atoms with Gasteiger partial charge in [-0.1, -0.05) is 37.6 Å². The Morgan fingerprint density at radius 3 is 2.31 bits per heavy atom. The van der Waals surface area contributed by atoms with Crippen molar-refractivity contribution < 1.29 is 10.5 Å². The summed E-state index contributed by atoms with van der Waals surface area (Å²) in [5.41, 5.74) is 2.94. The first-order valence-corrected chi connectivity index (χ1v) is 4.59. The second-order valence-corrected chi connectivity index (χ2v) is 3.03. The summed E-state index contributed by atoms with van der Waals surface area (Å²) in [5.74, 6) is 0. The van der Waals surface area contributed by atoms with Crippen molar-refractivity contribution in [2.75, 3.05) is 0 Å². The Morgan fingerprint density at radius 2 is 1.77 bits per heavy atom. The summed E-state index contributed by atoms with van der Waals surface area (Å²) in [4.78, 5) is 0. The van der Waals surface area contributed by atoms with Gasteiger partial charge in [0, 0.05) is 0 Å². The molecule has 0 unspecified atom stereocenters. The smallest absolute Gasteiger partial charge is 0.0276 e. The molecule has 0 saturated heterocycles. The summed E-state index contributed by atoms with van der Waals surface area (Å²) >= 11 is 0. The number of hydrogen-bond acceptors (Lipinski definition) is 2. The highest BCUT2D eigenvalue weighted by Gasteiger charge is 1.94. The molecule has 0 saturated carbocycles. The van der Waals surface area contributed by atoms with Crippen LogP contribution >= 0.6 is 0 Å². The predicted octanol–water partition coefficient (Wildman–Crippen LogP) is 3.36. The van der Waals surface area contributed by atoms with Gasteiger partial charge in [0.2, 0.25) is 0 Å². The fourth-order valence-corrected chi connectivity index (χ4v) is 1.26. The summed E-state index contributed by atoms with van der Waals surface area (Å²) in [7, 11) is 0. The molecule has 2 nitrogen and oxygen atoms in total. The van der Waals surface area contributed by atoms with Gasteiger partial charge in [-0.2, -0.15) is 0 Å². The van der Waals surface area contributed by atoms with E-state index >= 15 is 0 Å². The maximum atomic E-state index is 6.00. The van der Waals surface area contributed by atoms with E-state index < -0.39 is 0 Å². The SMILES string of the molecule is CCCCc1ccccc1C.OO. The lowest BCUT2D eigenvalue weighted by Gasteiger charge is -2.02. The van der Waals surface area contributed by atoms with Crippen molar-refractivity contribution in [3.63, 3.8) is 0 Å². The second kappa shape index (κ2) is 7.77. The van der Waals surface area contributed by atoms with Crippen molar-refractivity contribution >= 4 is 0 Å². The molecule has 2 N–H and O–H groups in total. The molecule has 1 rings (SSSR count). The van der Waals surface area contributed by atoms with Crippen LogP contribution in [0.5, 0.6) is 0 Å². The lowest BCUT2D eigenvalue weighted by Crippen LogP contribution is -1.87.